The summed E-state index contributed by atoms with van der Waals surface area (Å²) in [7, 11) is 1.45. The van der Waals surface area contributed by atoms with Crippen LogP contribution in [0.4, 0.5) is 4.39 Å². The number of carbonyl (C=O) groups is 2. The fourth-order valence-electron chi connectivity index (χ4n) is 5.90. The number of piperidine rings is 1. The molecule has 200 valence electrons. The summed E-state index contributed by atoms with van der Waals surface area (Å²) in [5.41, 5.74) is 0.510. The van der Waals surface area contributed by atoms with Gasteiger partial charge in [0.05, 0.1) is 19.0 Å². The highest BCUT2D eigenvalue weighted by atomic mass is 19.1. The Balaban J connectivity index is 1.07. The Morgan fingerprint density at radius 2 is 2.08 bits per heavy atom. The molecule has 3 aliphatic rings. The monoisotopic (exact) mass is 522 g/mol. The zero-order valence-corrected chi connectivity index (χ0v) is 21.5. The Hall–Kier alpha value is -3.83. The number of likely N-dealkylation sites (tertiary alicyclic amines) is 1. The molecule has 0 bridgehead atoms. The minimum atomic E-state index is -0.549. The van der Waals surface area contributed by atoms with E-state index in [9.17, 15) is 14.0 Å². The van der Waals surface area contributed by atoms with Gasteiger partial charge in [-0.15, -0.1) is 10.2 Å². The normalized spacial score (nSPS) is 21.7. The smallest absolute Gasteiger partial charge is 0.272 e. The van der Waals surface area contributed by atoms with Gasteiger partial charge in [0.25, 0.3) is 5.91 Å². The molecule has 38 heavy (non-hydrogen) atoms. The summed E-state index contributed by atoms with van der Waals surface area (Å²) in [6.07, 6.45) is 5.88. The topological polar surface area (TPSA) is 131 Å². The molecule has 1 aliphatic carbocycles. The van der Waals surface area contributed by atoms with Gasteiger partial charge in [-0.2, -0.15) is 5.10 Å². The number of aromatic amines is 1. The molecule has 0 radical (unpaired) electrons. The van der Waals surface area contributed by atoms with E-state index in [1.807, 2.05) is 11.8 Å². The quantitative estimate of drug-likeness (QED) is 0.508. The largest absolute Gasteiger partial charge is 0.481 e. The molecule has 0 unspecified atom stereocenters. The molecular weight excluding hydrogens is 491 g/mol. The van der Waals surface area contributed by atoms with Crippen LogP contribution in [-0.4, -0.2) is 72.4 Å². The van der Waals surface area contributed by atoms with Crippen LogP contribution in [0.15, 0.2) is 18.3 Å². The van der Waals surface area contributed by atoms with Crippen LogP contribution in [0.25, 0.3) is 11.3 Å². The van der Waals surface area contributed by atoms with Crippen molar-refractivity contribution in [1.29, 1.82) is 0 Å². The second-order valence-corrected chi connectivity index (χ2v) is 10.7. The van der Waals surface area contributed by atoms with Crippen molar-refractivity contribution >= 4 is 11.8 Å². The van der Waals surface area contributed by atoms with Gasteiger partial charge in [0.2, 0.25) is 11.8 Å². The molecule has 2 N–H and O–H groups in total. The number of nitrogens with one attached hydrogen (secondary N) is 2. The maximum absolute atomic E-state index is 14.3. The number of pyridine rings is 1. The van der Waals surface area contributed by atoms with Crippen molar-refractivity contribution in [3.63, 3.8) is 0 Å². The third kappa shape index (κ3) is 4.41. The summed E-state index contributed by atoms with van der Waals surface area (Å²) < 4.78 is 21.6. The van der Waals surface area contributed by atoms with Gasteiger partial charge in [0.1, 0.15) is 17.3 Å². The summed E-state index contributed by atoms with van der Waals surface area (Å²) in [6, 6.07) is 3.01. The number of ether oxygens (including phenoxy) is 1. The van der Waals surface area contributed by atoms with Crippen molar-refractivity contribution in [2.45, 2.75) is 57.5 Å². The van der Waals surface area contributed by atoms with E-state index in [2.05, 4.69) is 35.3 Å². The van der Waals surface area contributed by atoms with Gasteiger partial charge in [-0.25, -0.2) is 9.37 Å². The van der Waals surface area contributed by atoms with Gasteiger partial charge in [-0.3, -0.25) is 14.7 Å². The van der Waals surface area contributed by atoms with Gasteiger partial charge in [-0.05, 0) is 51.0 Å². The maximum Gasteiger partial charge on any atom is 0.272 e. The van der Waals surface area contributed by atoms with E-state index in [1.54, 1.807) is 6.07 Å². The predicted octanol–water partition coefficient (Wildman–Crippen LogP) is 2.28. The number of carbonyl (C=O) groups excluding carboxylic acids is 2. The second kappa shape index (κ2) is 9.48. The first-order valence-corrected chi connectivity index (χ1v) is 13.1. The van der Waals surface area contributed by atoms with Gasteiger partial charge in [0, 0.05) is 49.1 Å². The Morgan fingerprint density at radius 1 is 1.24 bits per heavy atom. The first-order chi connectivity index (χ1) is 18.4. The number of aryl methyl sites for hydroxylation is 1. The number of rotatable bonds is 6. The highest BCUT2D eigenvalue weighted by Gasteiger charge is 2.54. The van der Waals surface area contributed by atoms with Gasteiger partial charge >= 0.3 is 0 Å². The van der Waals surface area contributed by atoms with Crippen LogP contribution in [0.2, 0.25) is 0 Å². The molecule has 1 spiro atoms. The molecular formula is C26H31FN8O3. The lowest BCUT2D eigenvalue weighted by Crippen LogP contribution is -2.51. The summed E-state index contributed by atoms with van der Waals surface area (Å²) in [5.74, 6) is 1.77. The molecule has 0 aromatic carbocycles. The van der Waals surface area contributed by atoms with Crippen molar-refractivity contribution in [2.24, 2.45) is 11.8 Å². The van der Waals surface area contributed by atoms with E-state index in [1.165, 1.54) is 13.2 Å². The highest BCUT2D eigenvalue weighted by molar-refractivity contribution is 5.94. The van der Waals surface area contributed by atoms with Crippen molar-refractivity contribution in [1.82, 2.24) is 40.2 Å². The average Bonchev–Trinajstić information content (AvgIpc) is 3.34. The SMILES string of the molecule is COc1cc(-c2cc(C(=O)N3CC[C@H](C(=O)NC[C@H]4CCn5c(C)nnc5C4)CC34CC4)[nH]n2)c(F)cn1. The van der Waals surface area contributed by atoms with E-state index >= 15 is 0 Å². The summed E-state index contributed by atoms with van der Waals surface area (Å²) >= 11 is 0. The van der Waals surface area contributed by atoms with Crippen LogP contribution in [0.1, 0.15) is 54.2 Å². The fraction of sp³-hybridized carbons (Fsp3) is 0.538. The molecule has 2 atom stereocenters. The standard InChI is InChI=1S/C26H31FN8O3/c1-15-30-33-22-9-16(3-7-34(15)22)13-29-24(36)17-4-8-35(26(12-17)5-6-26)25(37)21-11-20(31-32-21)18-10-23(38-2)28-14-19(18)27/h10-11,14,16-17H,3-9,12-13H2,1-2H3,(H,29,36)(H,31,32)/t16-,17-/m0/s1. The van der Waals surface area contributed by atoms with Crippen LogP contribution in [0.3, 0.4) is 0 Å². The Morgan fingerprint density at radius 3 is 2.87 bits per heavy atom. The van der Waals surface area contributed by atoms with Gasteiger partial charge < -0.3 is 19.5 Å². The number of hydrogen-bond acceptors (Lipinski definition) is 7. The van der Waals surface area contributed by atoms with Crippen LogP contribution in [-0.2, 0) is 17.8 Å². The van der Waals surface area contributed by atoms with E-state index in [0.29, 0.717) is 43.2 Å². The molecule has 2 fully saturated rings. The summed E-state index contributed by atoms with van der Waals surface area (Å²) in [4.78, 5) is 32.2. The van der Waals surface area contributed by atoms with Crippen molar-refractivity contribution in [3.8, 4) is 17.1 Å². The van der Waals surface area contributed by atoms with E-state index in [4.69, 9.17) is 4.74 Å². The van der Waals surface area contributed by atoms with Crippen LogP contribution in [0.5, 0.6) is 5.88 Å². The van der Waals surface area contributed by atoms with Crippen LogP contribution < -0.4 is 10.1 Å². The highest BCUT2D eigenvalue weighted by Crippen LogP contribution is 2.50. The molecule has 11 nitrogen and oxygen atoms in total. The lowest BCUT2D eigenvalue weighted by atomic mass is 9.87. The predicted molar refractivity (Wildman–Crippen MR) is 134 cm³/mol. The van der Waals surface area contributed by atoms with Gasteiger partial charge in [0.15, 0.2) is 5.82 Å². The number of hydrogen-bond donors (Lipinski definition) is 2. The third-order valence-electron chi connectivity index (χ3n) is 8.28. The molecule has 12 heteroatoms. The Kier molecular flexibility index (Phi) is 6.11. The maximum atomic E-state index is 14.3. The lowest BCUT2D eigenvalue weighted by Gasteiger charge is -2.39. The first kappa shape index (κ1) is 24.5. The number of amides is 2. The van der Waals surface area contributed by atoms with Crippen molar-refractivity contribution < 1.29 is 18.7 Å². The van der Waals surface area contributed by atoms with E-state index in [-0.39, 0.29) is 34.7 Å². The molecule has 2 amide bonds. The van der Waals surface area contributed by atoms with E-state index < -0.39 is 5.82 Å². The first-order valence-electron chi connectivity index (χ1n) is 13.1. The molecule has 3 aromatic heterocycles. The summed E-state index contributed by atoms with van der Waals surface area (Å²) in [6.45, 7) is 3.97. The Labute approximate surface area is 219 Å². The lowest BCUT2D eigenvalue weighted by molar-refractivity contribution is -0.127. The van der Waals surface area contributed by atoms with E-state index in [0.717, 1.165) is 50.1 Å². The number of halogens is 1. The second-order valence-electron chi connectivity index (χ2n) is 10.7. The average molecular weight is 523 g/mol. The minimum Gasteiger partial charge on any atom is -0.481 e. The number of fused-ring (bicyclic) bond motifs is 1. The Bertz CT molecular complexity index is 1380. The zero-order chi connectivity index (χ0) is 26.4. The summed E-state index contributed by atoms with van der Waals surface area (Å²) in [5, 5.41) is 18.5. The number of H-pyrrole nitrogens is 1. The third-order valence-corrected chi connectivity index (χ3v) is 8.28. The number of aromatic nitrogens is 6. The molecule has 3 aromatic rings. The van der Waals surface area contributed by atoms with Crippen LogP contribution in [0, 0.1) is 24.6 Å². The molecule has 2 aliphatic heterocycles. The number of methoxy groups -OCH3 is 1. The molecule has 1 saturated carbocycles. The van der Waals surface area contributed by atoms with Crippen molar-refractivity contribution in [2.75, 3.05) is 20.2 Å². The minimum absolute atomic E-state index is 0.0672. The fourth-order valence-corrected chi connectivity index (χ4v) is 5.90. The molecule has 6 rings (SSSR count). The number of nitrogens with zero attached hydrogens (tertiary/aromatic N) is 6. The van der Waals surface area contributed by atoms with Crippen molar-refractivity contribution in [3.05, 3.63) is 41.5 Å². The van der Waals surface area contributed by atoms with Gasteiger partial charge in [-0.1, -0.05) is 0 Å². The zero-order valence-electron chi connectivity index (χ0n) is 21.5. The molecule has 5 heterocycles. The van der Waals surface area contributed by atoms with Crippen LogP contribution >= 0.6 is 0 Å². The molecule has 1 saturated heterocycles.